The first-order chi connectivity index (χ1) is 8.16. The van der Waals surface area contributed by atoms with Gasteiger partial charge in [0.1, 0.15) is 0 Å². The van der Waals surface area contributed by atoms with Crippen LogP contribution >= 0.6 is 0 Å². The molecule has 0 spiro atoms. The molecule has 1 amide bonds. The molecule has 1 saturated carbocycles. The summed E-state index contributed by atoms with van der Waals surface area (Å²) in [7, 11) is 1.97. The molecular weight excluding hydrogens is 210 g/mol. The third-order valence-corrected chi connectivity index (χ3v) is 4.95. The molecular formula is C15H27NO. The van der Waals surface area contributed by atoms with Crippen LogP contribution in [0.4, 0.5) is 0 Å². The molecule has 0 N–H and O–H groups in total. The van der Waals surface area contributed by atoms with Crippen LogP contribution in [-0.2, 0) is 4.79 Å². The van der Waals surface area contributed by atoms with Gasteiger partial charge in [0.05, 0.1) is 0 Å². The predicted octanol–water partition coefficient (Wildman–Crippen LogP) is 3.46. The zero-order chi connectivity index (χ0) is 12.3. The Kier molecular flexibility index (Phi) is 4.47. The van der Waals surface area contributed by atoms with E-state index in [1.54, 1.807) is 0 Å². The first-order valence-electron chi connectivity index (χ1n) is 7.40. The van der Waals surface area contributed by atoms with Gasteiger partial charge in [-0.25, -0.2) is 0 Å². The standard InChI is InChI=1S/C15H27NO/c1-12-6-8-14(9-7-12)13-4-3-5-15(17)16(2)11-10-13/h12-14H,3-11H2,1-2H3. The van der Waals surface area contributed by atoms with Crippen LogP contribution in [0, 0.1) is 17.8 Å². The molecule has 0 aromatic rings. The van der Waals surface area contributed by atoms with Crippen LogP contribution < -0.4 is 0 Å². The van der Waals surface area contributed by atoms with Gasteiger partial charge >= 0.3 is 0 Å². The van der Waals surface area contributed by atoms with E-state index in [9.17, 15) is 4.79 Å². The van der Waals surface area contributed by atoms with E-state index in [1.165, 1.54) is 38.5 Å². The summed E-state index contributed by atoms with van der Waals surface area (Å²) in [5.74, 6) is 3.13. The number of hydrogen-bond acceptors (Lipinski definition) is 1. The van der Waals surface area contributed by atoms with Crippen molar-refractivity contribution in [3.8, 4) is 0 Å². The molecule has 0 radical (unpaired) electrons. The van der Waals surface area contributed by atoms with E-state index in [-0.39, 0.29) is 0 Å². The van der Waals surface area contributed by atoms with Crippen LogP contribution in [0.25, 0.3) is 0 Å². The summed E-state index contributed by atoms with van der Waals surface area (Å²) >= 11 is 0. The smallest absolute Gasteiger partial charge is 0.222 e. The number of likely N-dealkylation sites (tertiary alicyclic amines) is 1. The Morgan fingerprint density at radius 1 is 1.00 bits per heavy atom. The number of hydrogen-bond donors (Lipinski definition) is 0. The number of carbonyl (C=O) groups is 1. The van der Waals surface area contributed by atoms with Gasteiger partial charge in [-0.05, 0) is 49.9 Å². The van der Waals surface area contributed by atoms with E-state index in [4.69, 9.17) is 0 Å². The van der Waals surface area contributed by atoms with Crippen molar-refractivity contribution in [1.29, 1.82) is 0 Å². The molecule has 0 aromatic carbocycles. The maximum Gasteiger partial charge on any atom is 0.222 e. The van der Waals surface area contributed by atoms with Gasteiger partial charge in [0.25, 0.3) is 0 Å². The average molecular weight is 237 g/mol. The summed E-state index contributed by atoms with van der Waals surface area (Å²) in [5, 5.41) is 0. The molecule has 1 aliphatic heterocycles. The normalized spacial score (nSPS) is 36.5. The molecule has 1 saturated heterocycles. The van der Waals surface area contributed by atoms with E-state index in [1.807, 2.05) is 11.9 Å². The molecule has 17 heavy (non-hydrogen) atoms. The molecule has 1 unspecified atom stereocenters. The summed E-state index contributed by atoms with van der Waals surface area (Å²) in [5.41, 5.74) is 0. The molecule has 2 rings (SSSR count). The van der Waals surface area contributed by atoms with Crippen molar-refractivity contribution in [3.63, 3.8) is 0 Å². The molecule has 2 aliphatic rings. The van der Waals surface area contributed by atoms with Crippen molar-refractivity contribution < 1.29 is 4.79 Å². The van der Waals surface area contributed by atoms with E-state index < -0.39 is 0 Å². The summed E-state index contributed by atoms with van der Waals surface area (Å²) in [4.78, 5) is 13.6. The maximum atomic E-state index is 11.6. The summed E-state index contributed by atoms with van der Waals surface area (Å²) in [6.07, 6.45) is 10.1. The minimum atomic E-state index is 0.348. The minimum Gasteiger partial charge on any atom is -0.346 e. The van der Waals surface area contributed by atoms with Crippen molar-refractivity contribution in [2.24, 2.45) is 17.8 Å². The first kappa shape index (κ1) is 12.9. The second kappa shape index (κ2) is 5.88. The molecule has 0 aromatic heterocycles. The minimum absolute atomic E-state index is 0.348. The highest BCUT2D eigenvalue weighted by atomic mass is 16.2. The molecule has 1 heterocycles. The zero-order valence-electron chi connectivity index (χ0n) is 11.5. The highest BCUT2D eigenvalue weighted by molar-refractivity contribution is 5.75. The highest BCUT2D eigenvalue weighted by Crippen LogP contribution is 2.37. The quantitative estimate of drug-likeness (QED) is 0.684. The van der Waals surface area contributed by atoms with Crippen molar-refractivity contribution >= 4 is 5.91 Å². The molecule has 98 valence electrons. The fourth-order valence-corrected chi connectivity index (χ4v) is 3.56. The summed E-state index contributed by atoms with van der Waals surface area (Å²) < 4.78 is 0. The lowest BCUT2D eigenvalue weighted by Crippen LogP contribution is -2.33. The topological polar surface area (TPSA) is 20.3 Å². The van der Waals surface area contributed by atoms with Gasteiger partial charge < -0.3 is 4.90 Å². The maximum absolute atomic E-state index is 11.6. The third kappa shape index (κ3) is 3.46. The Labute approximate surface area is 106 Å². The predicted molar refractivity (Wildman–Crippen MR) is 70.7 cm³/mol. The van der Waals surface area contributed by atoms with Gasteiger partial charge in [-0.3, -0.25) is 4.79 Å². The lowest BCUT2D eigenvalue weighted by molar-refractivity contribution is -0.130. The Morgan fingerprint density at radius 2 is 1.65 bits per heavy atom. The average Bonchev–Trinajstić information content (AvgIpc) is 2.32. The number of amides is 1. The van der Waals surface area contributed by atoms with E-state index in [0.29, 0.717) is 5.91 Å². The molecule has 2 fully saturated rings. The number of nitrogens with zero attached hydrogens (tertiary/aromatic N) is 1. The molecule has 0 bridgehead atoms. The van der Waals surface area contributed by atoms with E-state index in [2.05, 4.69) is 6.92 Å². The second-order valence-corrected chi connectivity index (χ2v) is 6.28. The third-order valence-electron chi connectivity index (χ3n) is 4.95. The van der Waals surface area contributed by atoms with Crippen LogP contribution in [0.15, 0.2) is 0 Å². The van der Waals surface area contributed by atoms with Crippen molar-refractivity contribution in [3.05, 3.63) is 0 Å². The first-order valence-corrected chi connectivity index (χ1v) is 7.40. The highest BCUT2D eigenvalue weighted by Gasteiger charge is 2.27. The number of carbonyl (C=O) groups excluding carboxylic acids is 1. The van der Waals surface area contributed by atoms with Crippen LogP contribution in [0.1, 0.15) is 58.3 Å². The van der Waals surface area contributed by atoms with Gasteiger partial charge in [0, 0.05) is 20.0 Å². The largest absolute Gasteiger partial charge is 0.346 e. The zero-order valence-corrected chi connectivity index (χ0v) is 11.5. The summed E-state index contributed by atoms with van der Waals surface area (Å²) in [6.45, 7) is 3.37. The summed E-state index contributed by atoms with van der Waals surface area (Å²) in [6, 6.07) is 0. The number of rotatable bonds is 1. The molecule has 1 atom stereocenters. The fourth-order valence-electron chi connectivity index (χ4n) is 3.56. The van der Waals surface area contributed by atoms with Gasteiger partial charge in [-0.1, -0.05) is 19.8 Å². The monoisotopic (exact) mass is 237 g/mol. The van der Waals surface area contributed by atoms with Crippen LogP contribution in [0.5, 0.6) is 0 Å². The second-order valence-electron chi connectivity index (χ2n) is 6.28. The lowest BCUT2D eigenvalue weighted by atomic mass is 9.73. The van der Waals surface area contributed by atoms with Crippen molar-refractivity contribution in [2.45, 2.75) is 58.3 Å². The van der Waals surface area contributed by atoms with E-state index in [0.717, 1.165) is 37.1 Å². The van der Waals surface area contributed by atoms with Crippen molar-refractivity contribution in [2.75, 3.05) is 13.6 Å². The SMILES string of the molecule is CC1CCC(C2CCCC(=O)N(C)CC2)CC1. The van der Waals surface area contributed by atoms with E-state index >= 15 is 0 Å². The van der Waals surface area contributed by atoms with Gasteiger partial charge in [-0.15, -0.1) is 0 Å². The Morgan fingerprint density at radius 3 is 2.35 bits per heavy atom. The van der Waals surface area contributed by atoms with Gasteiger partial charge in [-0.2, -0.15) is 0 Å². The molecule has 2 heteroatoms. The molecule has 1 aliphatic carbocycles. The Hall–Kier alpha value is -0.530. The fraction of sp³-hybridized carbons (Fsp3) is 0.933. The lowest BCUT2D eigenvalue weighted by Gasteiger charge is -2.35. The van der Waals surface area contributed by atoms with Gasteiger partial charge in [0.15, 0.2) is 0 Å². The Bertz CT molecular complexity index is 256. The van der Waals surface area contributed by atoms with Crippen LogP contribution in [0.2, 0.25) is 0 Å². The molecule has 2 nitrogen and oxygen atoms in total. The van der Waals surface area contributed by atoms with Crippen LogP contribution in [-0.4, -0.2) is 24.4 Å². The van der Waals surface area contributed by atoms with Crippen molar-refractivity contribution in [1.82, 2.24) is 4.90 Å². The van der Waals surface area contributed by atoms with Crippen LogP contribution in [0.3, 0.4) is 0 Å². The Balaban J connectivity index is 1.86. The van der Waals surface area contributed by atoms with Gasteiger partial charge in [0.2, 0.25) is 5.91 Å².